The molecule has 0 bridgehead atoms. The van der Waals surface area contributed by atoms with Gasteiger partial charge in [0.25, 0.3) is 5.91 Å². The number of carbonyl (C=O) groups excluding carboxylic acids is 4. The lowest BCUT2D eigenvalue weighted by Gasteiger charge is -2.45. The van der Waals surface area contributed by atoms with Gasteiger partial charge >= 0.3 is 18.0 Å². The number of esters is 2. The normalized spacial score (nSPS) is 26.4. The van der Waals surface area contributed by atoms with E-state index in [2.05, 4.69) is 15.5 Å². The first kappa shape index (κ1) is 29.8. The van der Waals surface area contributed by atoms with Crippen LogP contribution in [0.2, 0.25) is 0 Å². The second-order valence-electron chi connectivity index (χ2n) is 12.6. The molecule has 1 spiro atoms. The number of thiophene rings is 1. The zero-order valence-corrected chi connectivity index (χ0v) is 25.6. The van der Waals surface area contributed by atoms with Gasteiger partial charge in [-0.05, 0) is 84.7 Å². The maximum atomic E-state index is 14.0. The first-order valence-corrected chi connectivity index (χ1v) is 16.0. The molecule has 3 fully saturated rings. The number of nitrogens with one attached hydrogen (secondary N) is 2. The summed E-state index contributed by atoms with van der Waals surface area (Å²) in [6, 6.07) is -0.0177. The number of nitrogens with zero attached hydrogens (tertiary/aromatic N) is 2. The van der Waals surface area contributed by atoms with Crippen molar-refractivity contribution >= 4 is 40.2 Å². The molecule has 10 nitrogen and oxygen atoms in total. The Balaban J connectivity index is 1.28. The molecule has 1 aromatic heterocycles. The van der Waals surface area contributed by atoms with E-state index >= 15 is 0 Å². The molecule has 41 heavy (non-hydrogen) atoms. The van der Waals surface area contributed by atoms with Gasteiger partial charge in [0.1, 0.15) is 10.6 Å². The molecule has 2 atom stereocenters. The number of rotatable bonds is 6. The van der Waals surface area contributed by atoms with Crippen molar-refractivity contribution in [1.29, 1.82) is 0 Å². The summed E-state index contributed by atoms with van der Waals surface area (Å²) >= 11 is 1.40. The number of urea groups is 1. The molecule has 3 saturated heterocycles. The van der Waals surface area contributed by atoms with Crippen LogP contribution in [0.3, 0.4) is 0 Å². The van der Waals surface area contributed by atoms with Crippen LogP contribution in [0.5, 0.6) is 0 Å². The first-order valence-electron chi connectivity index (χ1n) is 15.2. The summed E-state index contributed by atoms with van der Waals surface area (Å²) in [7, 11) is 0. The quantitative estimate of drug-likeness (QED) is 0.483. The standard InChI is InChI=1S/C30H44N4O6S/c1-5-31-28(38)32-24-23(21-9-8-19(16-22(21)41-24)26(36)39-6-2)25(35)33-14-10-20(11-15-33)34-13-7-12-30(18-34)17-29(3,4)40-27(30)37/h19-20H,5-18H2,1-4H3,(H2,31,32,38). The number of piperidine rings is 2. The van der Waals surface area contributed by atoms with Crippen LogP contribution in [0.25, 0.3) is 0 Å². The van der Waals surface area contributed by atoms with E-state index in [9.17, 15) is 19.2 Å². The van der Waals surface area contributed by atoms with E-state index in [1.165, 1.54) is 11.3 Å². The molecule has 5 rings (SSSR count). The van der Waals surface area contributed by atoms with Crippen molar-refractivity contribution in [3.63, 3.8) is 0 Å². The molecular weight excluding hydrogens is 544 g/mol. The van der Waals surface area contributed by atoms with Crippen LogP contribution in [0.1, 0.15) is 87.0 Å². The molecule has 4 heterocycles. The molecule has 1 aromatic rings. The Bertz CT molecular complexity index is 1190. The number of hydrogen-bond donors (Lipinski definition) is 2. The van der Waals surface area contributed by atoms with Crippen LogP contribution in [-0.2, 0) is 31.9 Å². The number of fused-ring (bicyclic) bond motifs is 1. The number of hydrogen-bond acceptors (Lipinski definition) is 8. The summed E-state index contributed by atoms with van der Waals surface area (Å²) in [4.78, 5) is 57.1. The van der Waals surface area contributed by atoms with Crippen molar-refractivity contribution in [3.8, 4) is 0 Å². The lowest BCUT2D eigenvalue weighted by atomic mass is 9.74. The zero-order valence-electron chi connectivity index (χ0n) is 24.8. The highest BCUT2D eigenvalue weighted by atomic mass is 32.1. The summed E-state index contributed by atoms with van der Waals surface area (Å²) in [6.07, 6.45) is 6.06. The summed E-state index contributed by atoms with van der Waals surface area (Å²) < 4.78 is 11.0. The van der Waals surface area contributed by atoms with E-state index in [1.807, 2.05) is 25.7 Å². The Morgan fingerprint density at radius 1 is 1.12 bits per heavy atom. The SMILES string of the molecule is CCNC(=O)Nc1sc2c(c1C(=O)N1CCC(N3CCCC4(C3)CC(C)(C)OC4=O)CC1)CCC(C(=O)OCC)C2. The van der Waals surface area contributed by atoms with Gasteiger partial charge in [0, 0.05) is 43.5 Å². The first-order chi connectivity index (χ1) is 19.6. The number of amides is 3. The number of cyclic esters (lactones) is 1. The van der Waals surface area contributed by atoms with Crippen molar-refractivity contribution in [2.45, 2.75) is 90.7 Å². The van der Waals surface area contributed by atoms with Crippen molar-refractivity contribution in [2.24, 2.45) is 11.3 Å². The molecule has 3 amide bonds. The van der Waals surface area contributed by atoms with Gasteiger partial charge in [-0.15, -0.1) is 11.3 Å². The molecule has 11 heteroatoms. The van der Waals surface area contributed by atoms with Gasteiger partial charge in [0.2, 0.25) is 0 Å². The molecule has 0 aromatic carbocycles. The smallest absolute Gasteiger partial charge is 0.319 e. The molecule has 2 unspecified atom stereocenters. The Morgan fingerprint density at radius 3 is 2.54 bits per heavy atom. The highest BCUT2D eigenvalue weighted by molar-refractivity contribution is 7.17. The summed E-state index contributed by atoms with van der Waals surface area (Å²) in [5.74, 6) is -0.542. The van der Waals surface area contributed by atoms with Gasteiger partial charge in [-0.3, -0.25) is 24.6 Å². The van der Waals surface area contributed by atoms with E-state index in [4.69, 9.17) is 9.47 Å². The molecule has 226 valence electrons. The second-order valence-corrected chi connectivity index (χ2v) is 13.7. The maximum absolute atomic E-state index is 14.0. The Kier molecular flexibility index (Phi) is 8.66. The van der Waals surface area contributed by atoms with E-state index in [1.54, 1.807) is 6.92 Å². The molecule has 4 aliphatic rings. The van der Waals surface area contributed by atoms with Crippen LogP contribution < -0.4 is 10.6 Å². The average Bonchev–Trinajstić information content (AvgIpc) is 3.39. The van der Waals surface area contributed by atoms with Gasteiger partial charge in [0.15, 0.2) is 0 Å². The highest BCUT2D eigenvalue weighted by Gasteiger charge is 2.54. The van der Waals surface area contributed by atoms with E-state index in [0.29, 0.717) is 62.1 Å². The Morgan fingerprint density at radius 2 is 1.88 bits per heavy atom. The van der Waals surface area contributed by atoms with Crippen molar-refractivity contribution in [2.75, 3.05) is 44.6 Å². The lowest BCUT2D eigenvalue weighted by Crippen LogP contribution is -2.53. The largest absolute Gasteiger partial charge is 0.466 e. The predicted octanol–water partition coefficient (Wildman–Crippen LogP) is 3.97. The van der Waals surface area contributed by atoms with Gasteiger partial charge in [-0.25, -0.2) is 4.79 Å². The number of anilines is 1. The fourth-order valence-corrected chi connectivity index (χ4v) is 8.65. The lowest BCUT2D eigenvalue weighted by molar-refractivity contribution is -0.155. The predicted molar refractivity (Wildman–Crippen MR) is 156 cm³/mol. The zero-order chi connectivity index (χ0) is 29.4. The van der Waals surface area contributed by atoms with E-state index in [0.717, 1.165) is 55.6 Å². The number of likely N-dealkylation sites (tertiary alicyclic amines) is 2. The minimum Gasteiger partial charge on any atom is -0.466 e. The van der Waals surface area contributed by atoms with Crippen LogP contribution in [0, 0.1) is 11.3 Å². The van der Waals surface area contributed by atoms with Gasteiger partial charge < -0.3 is 19.7 Å². The van der Waals surface area contributed by atoms with Gasteiger partial charge in [-0.1, -0.05) is 0 Å². The van der Waals surface area contributed by atoms with Gasteiger partial charge in [0.05, 0.1) is 23.5 Å². The molecule has 0 radical (unpaired) electrons. The molecule has 2 N–H and O–H groups in total. The highest BCUT2D eigenvalue weighted by Crippen LogP contribution is 2.47. The molecular formula is C30H44N4O6S. The van der Waals surface area contributed by atoms with Crippen LogP contribution >= 0.6 is 11.3 Å². The number of carbonyl (C=O) groups is 4. The molecule has 1 aliphatic carbocycles. The third-order valence-electron chi connectivity index (χ3n) is 9.10. The van der Waals surface area contributed by atoms with Gasteiger partial charge in [-0.2, -0.15) is 0 Å². The van der Waals surface area contributed by atoms with Crippen molar-refractivity contribution in [1.82, 2.24) is 15.1 Å². The van der Waals surface area contributed by atoms with Crippen molar-refractivity contribution < 1.29 is 28.7 Å². The van der Waals surface area contributed by atoms with Crippen LogP contribution in [-0.4, -0.2) is 84.7 Å². The summed E-state index contributed by atoms with van der Waals surface area (Å²) in [5, 5.41) is 6.22. The molecule has 3 aliphatic heterocycles. The minimum atomic E-state index is -0.411. The maximum Gasteiger partial charge on any atom is 0.319 e. The third kappa shape index (κ3) is 6.11. The minimum absolute atomic E-state index is 0.0561. The van der Waals surface area contributed by atoms with E-state index < -0.39 is 11.0 Å². The van der Waals surface area contributed by atoms with Crippen LogP contribution in [0.15, 0.2) is 0 Å². The van der Waals surface area contributed by atoms with Crippen LogP contribution in [0.4, 0.5) is 9.80 Å². The average molecular weight is 589 g/mol. The molecule has 0 saturated carbocycles. The second kappa shape index (κ2) is 11.9. The Labute approximate surface area is 246 Å². The Hall–Kier alpha value is -2.66. The summed E-state index contributed by atoms with van der Waals surface area (Å²) in [6.45, 7) is 11.4. The fraction of sp³-hybridized carbons (Fsp3) is 0.733. The monoisotopic (exact) mass is 588 g/mol. The number of ether oxygens (including phenoxy) is 2. The summed E-state index contributed by atoms with van der Waals surface area (Å²) in [5.41, 5.74) is 0.705. The van der Waals surface area contributed by atoms with E-state index in [-0.39, 0.29) is 29.8 Å². The van der Waals surface area contributed by atoms with Crippen molar-refractivity contribution in [3.05, 3.63) is 16.0 Å². The third-order valence-corrected chi connectivity index (χ3v) is 10.3. The fourth-order valence-electron chi connectivity index (χ4n) is 7.33. The topological polar surface area (TPSA) is 117 Å².